The minimum Gasteiger partial charge on any atom is -0.381 e. The molecule has 2 aromatic rings. The van der Waals surface area contributed by atoms with E-state index in [0.717, 1.165) is 5.56 Å². The van der Waals surface area contributed by atoms with Crippen LogP contribution in [0.4, 0.5) is 0 Å². The van der Waals surface area contributed by atoms with Crippen LogP contribution in [-0.2, 0) is 32.1 Å². The number of hydrogen-bond donors (Lipinski definition) is 2. The van der Waals surface area contributed by atoms with Crippen LogP contribution in [0, 0.1) is 25.2 Å². The van der Waals surface area contributed by atoms with E-state index in [1.807, 2.05) is 30.3 Å². The molecule has 2 N–H and O–H groups in total. The second-order valence-corrected chi connectivity index (χ2v) is 11.9. The van der Waals surface area contributed by atoms with Gasteiger partial charge in [0.05, 0.1) is 5.41 Å². The number of nitrogens with zero attached hydrogens (tertiary/aromatic N) is 3. The van der Waals surface area contributed by atoms with Gasteiger partial charge in [-0.1, -0.05) is 42.5 Å². The van der Waals surface area contributed by atoms with Gasteiger partial charge in [-0.25, -0.2) is 4.79 Å². The summed E-state index contributed by atoms with van der Waals surface area (Å²) in [5.74, 6) is -0.446. The molecular weight excluding hydrogens is 534 g/mol. The number of rotatable bonds is 4. The Morgan fingerprint density at radius 3 is 2.57 bits per heavy atom. The molecular formula is C32H41N5O5. The van der Waals surface area contributed by atoms with Gasteiger partial charge in [-0.3, -0.25) is 19.0 Å². The molecule has 2 saturated heterocycles. The summed E-state index contributed by atoms with van der Waals surface area (Å²) >= 11 is 0. The van der Waals surface area contributed by atoms with Gasteiger partial charge in [0, 0.05) is 56.1 Å². The van der Waals surface area contributed by atoms with Crippen molar-refractivity contribution in [2.24, 2.45) is 11.3 Å². The number of likely N-dealkylation sites (tertiary alicyclic amines) is 1. The lowest BCUT2D eigenvalue weighted by Gasteiger charge is -2.40. The summed E-state index contributed by atoms with van der Waals surface area (Å²) in [4.78, 5) is 59.1. The molecule has 0 bridgehead atoms. The van der Waals surface area contributed by atoms with Crippen LogP contribution in [0.5, 0.6) is 0 Å². The molecule has 3 aliphatic heterocycles. The molecule has 0 aliphatic carbocycles. The highest BCUT2D eigenvalue weighted by molar-refractivity contribution is 5.90. The lowest BCUT2D eigenvalue weighted by atomic mass is 9.75. The number of piperidine rings is 1. The van der Waals surface area contributed by atoms with Crippen LogP contribution in [0.3, 0.4) is 0 Å². The summed E-state index contributed by atoms with van der Waals surface area (Å²) in [5.41, 5.74) is 1.25. The van der Waals surface area contributed by atoms with Crippen LogP contribution >= 0.6 is 0 Å². The molecule has 0 unspecified atom stereocenters. The summed E-state index contributed by atoms with van der Waals surface area (Å²) < 4.78 is 6.99. The number of amides is 3. The van der Waals surface area contributed by atoms with Crippen LogP contribution in [-0.4, -0.2) is 70.6 Å². The maximum Gasteiger partial charge on any atom is 0.348 e. The summed E-state index contributed by atoms with van der Waals surface area (Å²) in [6, 6.07) is 10.7. The standard InChI is InChI=1S/C32H41N5O5/c1-22-18-23(2)37(31(41)33-22)21-28(38)36-15-11-26-25(20-36)10-6-7-12-32(13-16-42-17-14-32)30(40)35-27(29(39)34-26)19-24-8-4-3-5-9-24/h3-9,18,25-27H,10-17,19-21H2,1-2H3,(H,34,39)(H,35,40)/b7-6+/t25-,26+,27-/m0/s1. The van der Waals surface area contributed by atoms with E-state index in [2.05, 4.69) is 27.8 Å². The van der Waals surface area contributed by atoms with Crippen LogP contribution in [0.1, 0.15) is 49.1 Å². The number of fused-ring (bicyclic) bond motifs is 1. The Morgan fingerprint density at radius 1 is 1.07 bits per heavy atom. The number of ether oxygens (including phenoxy) is 1. The Labute approximate surface area is 246 Å². The highest BCUT2D eigenvalue weighted by Gasteiger charge is 2.41. The second-order valence-electron chi connectivity index (χ2n) is 11.9. The van der Waals surface area contributed by atoms with Gasteiger partial charge in [0.2, 0.25) is 17.7 Å². The summed E-state index contributed by atoms with van der Waals surface area (Å²) in [7, 11) is 0. The second kappa shape index (κ2) is 13.0. The van der Waals surface area contributed by atoms with Gasteiger partial charge >= 0.3 is 5.69 Å². The Hall–Kier alpha value is -3.79. The van der Waals surface area contributed by atoms with Crippen molar-refractivity contribution in [2.75, 3.05) is 26.3 Å². The molecule has 3 amide bonds. The first-order chi connectivity index (χ1) is 20.2. The third kappa shape index (κ3) is 6.81. The zero-order valence-electron chi connectivity index (χ0n) is 24.5. The van der Waals surface area contributed by atoms with Crippen molar-refractivity contribution in [3.63, 3.8) is 0 Å². The van der Waals surface area contributed by atoms with E-state index in [1.54, 1.807) is 24.8 Å². The van der Waals surface area contributed by atoms with Gasteiger partial charge in [-0.2, -0.15) is 4.98 Å². The third-order valence-electron chi connectivity index (χ3n) is 9.00. The van der Waals surface area contributed by atoms with Gasteiger partial charge in [0.25, 0.3) is 0 Å². The lowest BCUT2D eigenvalue weighted by molar-refractivity contribution is -0.140. The molecule has 3 atom stereocenters. The molecule has 10 nitrogen and oxygen atoms in total. The Kier molecular flexibility index (Phi) is 9.21. The van der Waals surface area contributed by atoms with E-state index >= 15 is 0 Å². The predicted molar refractivity (Wildman–Crippen MR) is 158 cm³/mol. The van der Waals surface area contributed by atoms with Crippen LogP contribution in [0.15, 0.2) is 53.3 Å². The number of carbonyl (C=O) groups is 3. The first kappa shape index (κ1) is 29.7. The number of allylic oxidation sites excluding steroid dienone is 2. The molecule has 1 aromatic heterocycles. The fraction of sp³-hybridized carbons (Fsp3) is 0.531. The smallest absolute Gasteiger partial charge is 0.348 e. The Morgan fingerprint density at radius 2 is 1.83 bits per heavy atom. The molecule has 0 radical (unpaired) electrons. The molecule has 10 heteroatoms. The summed E-state index contributed by atoms with van der Waals surface area (Å²) in [6.07, 6.45) is 7.59. The molecule has 42 heavy (non-hydrogen) atoms. The number of aryl methyl sites for hydroxylation is 2. The predicted octanol–water partition coefficient (Wildman–Crippen LogP) is 2.07. The zero-order valence-corrected chi connectivity index (χ0v) is 24.5. The monoisotopic (exact) mass is 575 g/mol. The van der Waals surface area contributed by atoms with Crippen molar-refractivity contribution in [2.45, 2.75) is 71.0 Å². The van der Waals surface area contributed by atoms with E-state index in [-0.39, 0.29) is 36.2 Å². The number of aromatic nitrogens is 2. The van der Waals surface area contributed by atoms with Gasteiger partial charge in [0.1, 0.15) is 12.6 Å². The molecule has 1 spiro atoms. The van der Waals surface area contributed by atoms with Crippen molar-refractivity contribution in [3.8, 4) is 0 Å². The van der Waals surface area contributed by atoms with Crippen molar-refractivity contribution < 1.29 is 19.1 Å². The van der Waals surface area contributed by atoms with Crippen molar-refractivity contribution >= 4 is 17.7 Å². The molecule has 4 heterocycles. The average molecular weight is 576 g/mol. The molecule has 2 fully saturated rings. The highest BCUT2D eigenvalue weighted by Crippen LogP contribution is 2.36. The summed E-state index contributed by atoms with van der Waals surface area (Å²) in [5, 5.41) is 6.35. The maximum atomic E-state index is 13.8. The van der Waals surface area contributed by atoms with E-state index in [0.29, 0.717) is 76.2 Å². The number of nitrogens with one attached hydrogen (secondary N) is 2. The SMILES string of the molecule is Cc1cc(C)n(CC(=O)N2CC[C@H]3NC(=O)[C@H](Cc4ccccc4)NC(=O)C4(C/C=C/C[C@H]3C2)CCOCC4)c(=O)n1. The van der Waals surface area contributed by atoms with Gasteiger partial charge in [0.15, 0.2) is 0 Å². The van der Waals surface area contributed by atoms with E-state index < -0.39 is 17.1 Å². The fourth-order valence-corrected chi connectivity index (χ4v) is 6.41. The average Bonchev–Trinajstić information content (AvgIpc) is 2.97. The minimum absolute atomic E-state index is 0.00463. The van der Waals surface area contributed by atoms with E-state index in [9.17, 15) is 19.2 Å². The van der Waals surface area contributed by atoms with Crippen molar-refractivity contribution in [3.05, 3.63) is 76.0 Å². The van der Waals surface area contributed by atoms with Gasteiger partial charge < -0.3 is 20.3 Å². The normalized spacial score (nSPS) is 25.4. The van der Waals surface area contributed by atoms with Gasteiger partial charge in [-0.05, 0) is 57.6 Å². The third-order valence-corrected chi connectivity index (χ3v) is 9.00. The minimum atomic E-state index is -0.716. The lowest BCUT2D eigenvalue weighted by Crippen LogP contribution is -2.58. The van der Waals surface area contributed by atoms with E-state index in [4.69, 9.17) is 4.74 Å². The molecule has 0 saturated carbocycles. The highest BCUT2D eigenvalue weighted by atomic mass is 16.5. The summed E-state index contributed by atoms with van der Waals surface area (Å²) in [6.45, 7) is 5.46. The quantitative estimate of drug-likeness (QED) is 0.539. The molecule has 5 rings (SSSR count). The fourth-order valence-electron chi connectivity index (χ4n) is 6.41. The van der Waals surface area contributed by atoms with Crippen LogP contribution in [0.25, 0.3) is 0 Å². The maximum absolute atomic E-state index is 13.8. The number of hydrogen-bond acceptors (Lipinski definition) is 6. The largest absolute Gasteiger partial charge is 0.381 e. The first-order valence-electron chi connectivity index (χ1n) is 14.9. The van der Waals surface area contributed by atoms with Crippen molar-refractivity contribution in [1.82, 2.24) is 25.1 Å². The topological polar surface area (TPSA) is 123 Å². The van der Waals surface area contributed by atoms with Crippen LogP contribution in [0.2, 0.25) is 0 Å². The Bertz CT molecular complexity index is 1380. The first-order valence-corrected chi connectivity index (χ1v) is 14.9. The van der Waals surface area contributed by atoms with Gasteiger partial charge in [-0.15, -0.1) is 0 Å². The van der Waals surface area contributed by atoms with Crippen molar-refractivity contribution in [1.29, 1.82) is 0 Å². The molecule has 1 aromatic carbocycles. The number of carbonyl (C=O) groups excluding carboxylic acids is 3. The molecule has 224 valence electrons. The Balaban J connectivity index is 1.36. The number of benzene rings is 1. The zero-order chi connectivity index (χ0) is 29.7. The molecule has 3 aliphatic rings. The van der Waals surface area contributed by atoms with E-state index in [1.165, 1.54) is 4.57 Å². The van der Waals surface area contributed by atoms with Crippen LogP contribution < -0.4 is 16.3 Å².